The van der Waals surface area contributed by atoms with Gasteiger partial charge in [0.2, 0.25) is 0 Å². The molecule has 0 aliphatic heterocycles. The molecule has 26 heavy (non-hydrogen) atoms. The Balaban J connectivity index is 1.51. The van der Waals surface area contributed by atoms with Crippen LogP contribution in [0.1, 0.15) is 22.9 Å². The SMILES string of the molecule is Cc1nc2scc(C)n2c1/C=N/NC(=O)Cn1c(C)nc2ccccc21. The van der Waals surface area contributed by atoms with Crippen molar-refractivity contribution in [3.05, 3.63) is 52.6 Å². The van der Waals surface area contributed by atoms with Crippen LogP contribution in [-0.4, -0.2) is 31.1 Å². The van der Waals surface area contributed by atoms with Crippen molar-refractivity contribution in [2.24, 2.45) is 5.10 Å². The summed E-state index contributed by atoms with van der Waals surface area (Å²) in [5.41, 5.74) is 7.27. The molecule has 0 aliphatic carbocycles. The number of para-hydroxylation sites is 2. The summed E-state index contributed by atoms with van der Waals surface area (Å²) in [6.45, 7) is 6.01. The lowest BCUT2D eigenvalue weighted by Gasteiger charge is -2.05. The third kappa shape index (κ3) is 2.78. The number of hydrogen-bond acceptors (Lipinski definition) is 5. The fourth-order valence-electron chi connectivity index (χ4n) is 3.02. The first-order chi connectivity index (χ1) is 12.5. The van der Waals surface area contributed by atoms with Gasteiger partial charge in [-0.1, -0.05) is 12.1 Å². The molecule has 132 valence electrons. The maximum Gasteiger partial charge on any atom is 0.260 e. The molecule has 4 aromatic rings. The van der Waals surface area contributed by atoms with Gasteiger partial charge in [-0.15, -0.1) is 11.3 Å². The zero-order chi connectivity index (χ0) is 18.3. The minimum atomic E-state index is -0.201. The van der Waals surface area contributed by atoms with Crippen LogP contribution in [0.3, 0.4) is 0 Å². The zero-order valence-electron chi connectivity index (χ0n) is 14.7. The van der Waals surface area contributed by atoms with E-state index in [-0.39, 0.29) is 12.5 Å². The van der Waals surface area contributed by atoms with Crippen molar-refractivity contribution in [3.8, 4) is 0 Å². The summed E-state index contributed by atoms with van der Waals surface area (Å²) >= 11 is 1.59. The Morgan fingerprint density at radius 3 is 2.92 bits per heavy atom. The minimum Gasteiger partial charge on any atom is -0.319 e. The second-order valence-electron chi connectivity index (χ2n) is 6.10. The molecule has 1 N–H and O–H groups in total. The third-order valence-corrected chi connectivity index (χ3v) is 5.22. The van der Waals surface area contributed by atoms with E-state index in [4.69, 9.17) is 0 Å². The van der Waals surface area contributed by atoms with Crippen LogP contribution in [0.2, 0.25) is 0 Å². The van der Waals surface area contributed by atoms with E-state index in [2.05, 4.69) is 20.5 Å². The van der Waals surface area contributed by atoms with E-state index in [1.807, 2.05) is 59.4 Å². The van der Waals surface area contributed by atoms with E-state index < -0.39 is 0 Å². The van der Waals surface area contributed by atoms with Crippen LogP contribution in [0.15, 0.2) is 34.7 Å². The van der Waals surface area contributed by atoms with Gasteiger partial charge in [-0.2, -0.15) is 5.10 Å². The molecule has 0 fully saturated rings. The monoisotopic (exact) mass is 366 g/mol. The van der Waals surface area contributed by atoms with Gasteiger partial charge >= 0.3 is 0 Å². The number of rotatable bonds is 4. The lowest BCUT2D eigenvalue weighted by Crippen LogP contribution is -2.23. The molecule has 1 amide bonds. The average molecular weight is 366 g/mol. The van der Waals surface area contributed by atoms with E-state index in [0.717, 1.165) is 38.9 Å². The number of aryl methyl sites for hydroxylation is 3. The number of fused-ring (bicyclic) bond motifs is 2. The molecule has 0 saturated carbocycles. The van der Waals surface area contributed by atoms with Crippen LogP contribution in [0.4, 0.5) is 0 Å². The molecule has 0 unspecified atom stereocenters. The normalized spacial score (nSPS) is 11.8. The lowest BCUT2D eigenvalue weighted by molar-refractivity contribution is -0.121. The Morgan fingerprint density at radius 1 is 1.27 bits per heavy atom. The first kappa shape index (κ1) is 16.5. The highest BCUT2D eigenvalue weighted by Crippen LogP contribution is 2.19. The maximum absolute atomic E-state index is 12.3. The smallest absolute Gasteiger partial charge is 0.260 e. The average Bonchev–Trinajstić information content (AvgIpc) is 3.23. The van der Waals surface area contributed by atoms with Gasteiger partial charge in [-0.3, -0.25) is 9.20 Å². The fraction of sp³-hybridized carbons (Fsp3) is 0.222. The Labute approximate surface area is 154 Å². The number of carbonyl (C=O) groups is 1. The molecule has 0 saturated heterocycles. The van der Waals surface area contributed by atoms with Crippen molar-refractivity contribution in [1.82, 2.24) is 24.4 Å². The Hall–Kier alpha value is -3.00. The van der Waals surface area contributed by atoms with Gasteiger partial charge in [0.05, 0.1) is 28.6 Å². The second kappa shape index (κ2) is 6.38. The van der Waals surface area contributed by atoms with Gasteiger partial charge in [0.25, 0.3) is 5.91 Å². The molecular weight excluding hydrogens is 348 g/mol. The van der Waals surface area contributed by atoms with Gasteiger partial charge in [-0.05, 0) is 32.9 Å². The quantitative estimate of drug-likeness (QED) is 0.446. The zero-order valence-corrected chi connectivity index (χ0v) is 15.5. The van der Waals surface area contributed by atoms with Gasteiger partial charge in [0.1, 0.15) is 12.4 Å². The van der Waals surface area contributed by atoms with E-state index in [1.165, 1.54) is 0 Å². The molecule has 0 atom stereocenters. The van der Waals surface area contributed by atoms with Crippen LogP contribution in [0.5, 0.6) is 0 Å². The number of nitrogens with one attached hydrogen (secondary N) is 1. The number of carbonyl (C=O) groups excluding carboxylic acids is 1. The number of benzene rings is 1. The van der Waals surface area contributed by atoms with Gasteiger partial charge < -0.3 is 4.57 Å². The summed E-state index contributed by atoms with van der Waals surface area (Å²) in [5, 5.41) is 6.17. The molecule has 8 heteroatoms. The highest BCUT2D eigenvalue weighted by molar-refractivity contribution is 7.15. The Morgan fingerprint density at radius 2 is 2.08 bits per heavy atom. The molecule has 0 spiro atoms. The van der Waals surface area contributed by atoms with E-state index in [9.17, 15) is 4.79 Å². The van der Waals surface area contributed by atoms with Crippen LogP contribution in [0.25, 0.3) is 16.0 Å². The predicted molar refractivity (Wildman–Crippen MR) is 103 cm³/mol. The predicted octanol–water partition coefficient (Wildman–Crippen LogP) is 2.82. The number of hydrazone groups is 1. The van der Waals surface area contributed by atoms with Crippen molar-refractivity contribution >= 4 is 39.5 Å². The van der Waals surface area contributed by atoms with Gasteiger partial charge in [0, 0.05) is 11.1 Å². The Bertz CT molecular complexity index is 1150. The van der Waals surface area contributed by atoms with Crippen LogP contribution >= 0.6 is 11.3 Å². The summed E-state index contributed by atoms with van der Waals surface area (Å²) < 4.78 is 3.91. The van der Waals surface area contributed by atoms with Crippen molar-refractivity contribution in [2.75, 3.05) is 0 Å². The van der Waals surface area contributed by atoms with Crippen LogP contribution in [-0.2, 0) is 11.3 Å². The molecule has 0 aliphatic rings. The number of nitrogens with zero attached hydrogens (tertiary/aromatic N) is 5. The second-order valence-corrected chi connectivity index (χ2v) is 6.94. The summed E-state index contributed by atoms with van der Waals surface area (Å²) in [4.78, 5) is 22.2. The minimum absolute atomic E-state index is 0.169. The fourth-order valence-corrected chi connectivity index (χ4v) is 3.94. The van der Waals surface area contributed by atoms with E-state index >= 15 is 0 Å². The lowest BCUT2D eigenvalue weighted by atomic mass is 10.3. The summed E-state index contributed by atoms with van der Waals surface area (Å²) in [5.74, 6) is 0.598. The van der Waals surface area contributed by atoms with E-state index in [0.29, 0.717) is 0 Å². The highest BCUT2D eigenvalue weighted by atomic mass is 32.1. The van der Waals surface area contributed by atoms with Crippen molar-refractivity contribution in [2.45, 2.75) is 27.3 Å². The standard InChI is InChI=1S/C18H18N6OS/c1-11-10-26-18-20-12(2)16(24(11)18)8-19-22-17(25)9-23-13(3)21-14-6-4-5-7-15(14)23/h4-8,10H,9H2,1-3H3,(H,22,25)/b19-8+. The van der Waals surface area contributed by atoms with Crippen molar-refractivity contribution in [3.63, 3.8) is 0 Å². The number of thiazole rings is 1. The summed E-state index contributed by atoms with van der Waals surface area (Å²) in [6, 6.07) is 7.76. The van der Waals surface area contributed by atoms with Crippen molar-refractivity contribution in [1.29, 1.82) is 0 Å². The van der Waals surface area contributed by atoms with Crippen LogP contribution in [0, 0.1) is 20.8 Å². The number of amides is 1. The van der Waals surface area contributed by atoms with Crippen LogP contribution < -0.4 is 5.43 Å². The van der Waals surface area contributed by atoms with Gasteiger partial charge in [0.15, 0.2) is 4.96 Å². The largest absolute Gasteiger partial charge is 0.319 e. The molecule has 3 heterocycles. The summed E-state index contributed by atoms with van der Waals surface area (Å²) in [7, 11) is 0. The molecular formula is C18H18N6OS. The molecule has 0 radical (unpaired) electrons. The molecule has 3 aromatic heterocycles. The highest BCUT2D eigenvalue weighted by Gasteiger charge is 2.12. The molecule has 0 bridgehead atoms. The van der Waals surface area contributed by atoms with E-state index in [1.54, 1.807) is 17.6 Å². The molecule has 4 rings (SSSR count). The molecule has 1 aromatic carbocycles. The third-order valence-electron chi connectivity index (χ3n) is 4.28. The maximum atomic E-state index is 12.3. The number of imidazole rings is 2. The first-order valence-electron chi connectivity index (χ1n) is 8.21. The van der Waals surface area contributed by atoms with Gasteiger partial charge in [-0.25, -0.2) is 15.4 Å². The summed E-state index contributed by atoms with van der Waals surface area (Å²) in [6.07, 6.45) is 1.64. The topological polar surface area (TPSA) is 76.6 Å². The number of aromatic nitrogens is 4. The number of hydrogen-bond donors (Lipinski definition) is 1. The Kier molecular flexibility index (Phi) is 4.04. The van der Waals surface area contributed by atoms with Crippen molar-refractivity contribution < 1.29 is 4.79 Å². The molecule has 7 nitrogen and oxygen atoms in total. The first-order valence-corrected chi connectivity index (χ1v) is 9.09.